The molecule has 4 rings (SSSR count). The van der Waals surface area contributed by atoms with Crippen LogP contribution in [-0.4, -0.2) is 30.5 Å². The average molecular weight is 532 g/mol. The quantitative estimate of drug-likeness (QED) is 0.486. The summed E-state index contributed by atoms with van der Waals surface area (Å²) in [6.45, 7) is 8.68. The molecule has 2 amide bonds. The largest absolute Gasteiger partial charge is 0.496 e. The highest BCUT2D eigenvalue weighted by Crippen LogP contribution is 2.44. The van der Waals surface area contributed by atoms with Crippen molar-refractivity contribution in [2.75, 3.05) is 13.7 Å². The lowest BCUT2D eigenvalue weighted by Crippen LogP contribution is -2.42. The number of carbonyl (C=O) groups excluding carboxylic acids is 2. The van der Waals surface area contributed by atoms with Crippen LogP contribution in [0.4, 0.5) is 4.79 Å². The molecule has 1 N–H and O–H groups in total. The Hall–Kier alpha value is -2.45. The summed E-state index contributed by atoms with van der Waals surface area (Å²) in [5.41, 5.74) is 4.88. The predicted molar refractivity (Wildman–Crippen MR) is 133 cm³/mol. The van der Waals surface area contributed by atoms with Crippen molar-refractivity contribution >= 4 is 44.9 Å². The second-order valence-corrected chi connectivity index (χ2v) is 10.5. The molecule has 1 saturated heterocycles. The van der Waals surface area contributed by atoms with Crippen molar-refractivity contribution in [2.24, 2.45) is 0 Å². The van der Waals surface area contributed by atoms with Gasteiger partial charge in [-0.2, -0.15) is 0 Å². The number of fused-ring (bicyclic) bond motifs is 1. The molecule has 2 aliphatic rings. The summed E-state index contributed by atoms with van der Waals surface area (Å²) in [5, 5.41) is 1.90. The lowest BCUT2D eigenvalue weighted by atomic mass is 9.87. The first-order valence-electron chi connectivity index (χ1n) is 10.6. The second-order valence-electron chi connectivity index (χ2n) is 8.60. The van der Waals surface area contributed by atoms with Gasteiger partial charge in [-0.1, -0.05) is 6.07 Å². The van der Waals surface area contributed by atoms with Crippen LogP contribution >= 0.6 is 27.7 Å². The molecule has 1 fully saturated rings. The van der Waals surface area contributed by atoms with Crippen molar-refractivity contribution in [2.45, 2.75) is 46.1 Å². The molecular formula is C25H26BrNO5S. The minimum atomic E-state index is -0.468. The van der Waals surface area contributed by atoms with Gasteiger partial charge in [0.2, 0.25) is 0 Å². The molecule has 0 spiro atoms. The third-order valence-corrected chi connectivity index (χ3v) is 7.63. The maximum Gasteiger partial charge on any atom is 0.290 e. The number of imide groups is 1. The zero-order valence-corrected chi connectivity index (χ0v) is 21.7. The number of hydrogen-bond acceptors (Lipinski definition) is 6. The van der Waals surface area contributed by atoms with Gasteiger partial charge in [-0.15, -0.1) is 0 Å². The summed E-state index contributed by atoms with van der Waals surface area (Å²) in [5.74, 6) is 2.19. The fourth-order valence-electron chi connectivity index (χ4n) is 4.22. The summed E-state index contributed by atoms with van der Waals surface area (Å²) in [4.78, 5) is 23.5. The zero-order valence-electron chi connectivity index (χ0n) is 19.3. The number of benzene rings is 2. The van der Waals surface area contributed by atoms with Gasteiger partial charge in [0, 0.05) is 5.56 Å². The molecule has 0 radical (unpaired) electrons. The van der Waals surface area contributed by atoms with E-state index in [4.69, 9.17) is 14.2 Å². The molecule has 0 aliphatic carbocycles. The van der Waals surface area contributed by atoms with E-state index in [1.807, 2.05) is 18.2 Å². The van der Waals surface area contributed by atoms with E-state index in [0.717, 1.165) is 62.8 Å². The molecule has 1 atom stereocenters. The van der Waals surface area contributed by atoms with E-state index in [-0.39, 0.29) is 11.1 Å². The maximum absolute atomic E-state index is 11.8. The number of methoxy groups -OCH3 is 1. The van der Waals surface area contributed by atoms with Gasteiger partial charge >= 0.3 is 0 Å². The van der Waals surface area contributed by atoms with Crippen LogP contribution in [0.25, 0.3) is 6.08 Å². The van der Waals surface area contributed by atoms with Crippen molar-refractivity contribution in [3.05, 3.63) is 55.4 Å². The molecule has 0 saturated carbocycles. The zero-order chi connectivity index (χ0) is 23.9. The first-order chi connectivity index (χ1) is 15.6. The summed E-state index contributed by atoms with van der Waals surface area (Å²) in [6.07, 6.45) is 3.41. The summed E-state index contributed by atoms with van der Waals surface area (Å²) >= 11 is 4.45. The summed E-state index contributed by atoms with van der Waals surface area (Å²) < 4.78 is 19.1. The third kappa shape index (κ3) is 4.64. The van der Waals surface area contributed by atoms with Crippen molar-refractivity contribution < 1.29 is 23.8 Å². The molecule has 2 aliphatic heterocycles. The van der Waals surface area contributed by atoms with Crippen molar-refractivity contribution in [3.63, 3.8) is 0 Å². The molecule has 2 aromatic rings. The smallest absolute Gasteiger partial charge is 0.290 e. The molecule has 174 valence electrons. The van der Waals surface area contributed by atoms with Gasteiger partial charge in [-0.25, -0.2) is 0 Å². The molecule has 0 aromatic heterocycles. The van der Waals surface area contributed by atoms with Crippen LogP contribution in [0.2, 0.25) is 0 Å². The van der Waals surface area contributed by atoms with Crippen LogP contribution < -0.4 is 19.5 Å². The predicted octanol–water partition coefficient (Wildman–Crippen LogP) is 5.87. The van der Waals surface area contributed by atoms with E-state index in [2.05, 4.69) is 48.9 Å². The van der Waals surface area contributed by atoms with Gasteiger partial charge in [0.25, 0.3) is 11.1 Å². The van der Waals surface area contributed by atoms with E-state index < -0.39 is 5.60 Å². The maximum atomic E-state index is 11.8. The number of halogens is 1. The van der Waals surface area contributed by atoms with Crippen molar-refractivity contribution in [3.8, 4) is 17.2 Å². The number of amides is 2. The van der Waals surface area contributed by atoms with Crippen LogP contribution in [0.15, 0.2) is 27.6 Å². The highest BCUT2D eigenvalue weighted by Gasteiger charge is 2.35. The Bertz CT molecular complexity index is 1190. The van der Waals surface area contributed by atoms with Crippen LogP contribution in [0, 0.1) is 20.8 Å². The van der Waals surface area contributed by atoms with Crippen LogP contribution in [-0.2, 0) is 11.2 Å². The molecule has 8 heteroatoms. The van der Waals surface area contributed by atoms with E-state index >= 15 is 0 Å². The monoisotopic (exact) mass is 531 g/mol. The summed E-state index contributed by atoms with van der Waals surface area (Å²) in [6, 6.07) is 5.56. The van der Waals surface area contributed by atoms with E-state index in [1.165, 1.54) is 5.56 Å². The normalized spacial score (nSPS) is 21.0. The van der Waals surface area contributed by atoms with Gasteiger partial charge in [0.15, 0.2) is 0 Å². The molecule has 0 bridgehead atoms. The Morgan fingerprint density at radius 2 is 1.97 bits per heavy atom. The molecule has 6 nitrogen and oxygen atoms in total. The van der Waals surface area contributed by atoms with Crippen LogP contribution in [0.1, 0.15) is 41.2 Å². The number of thioether (sulfide) groups is 1. The van der Waals surface area contributed by atoms with Crippen LogP contribution in [0.3, 0.4) is 0 Å². The highest BCUT2D eigenvalue weighted by molar-refractivity contribution is 9.10. The Morgan fingerprint density at radius 3 is 2.61 bits per heavy atom. The van der Waals surface area contributed by atoms with Gasteiger partial charge in [0.05, 0.1) is 16.5 Å². The standard InChI is InChI=1S/C25H26BrNO5S/c1-13-14(2)22-17(15(3)21(13)30-5)8-9-25(4,32-22)12-31-19-7-6-16(10-18(19)26)11-20-23(28)27-24(29)33-20/h6-7,10-11H,8-9,12H2,1-5H3,(H,27,28,29)/b20-11+. The Labute approximate surface area is 206 Å². The number of ether oxygens (including phenoxy) is 3. The number of hydrogen-bond donors (Lipinski definition) is 1. The minimum absolute atomic E-state index is 0.355. The Kier molecular flexibility index (Phi) is 6.51. The van der Waals surface area contributed by atoms with Gasteiger partial charge < -0.3 is 14.2 Å². The van der Waals surface area contributed by atoms with E-state index in [0.29, 0.717) is 17.3 Å². The Morgan fingerprint density at radius 1 is 1.21 bits per heavy atom. The molecule has 33 heavy (non-hydrogen) atoms. The van der Waals surface area contributed by atoms with Gasteiger partial charge in [-0.05, 0) is 109 Å². The van der Waals surface area contributed by atoms with Crippen LogP contribution in [0.5, 0.6) is 17.2 Å². The second kappa shape index (κ2) is 9.06. The van der Waals surface area contributed by atoms with Gasteiger partial charge in [-0.3, -0.25) is 14.9 Å². The van der Waals surface area contributed by atoms with E-state index in [1.54, 1.807) is 13.2 Å². The number of carbonyl (C=O) groups is 2. The van der Waals surface area contributed by atoms with Crippen molar-refractivity contribution in [1.82, 2.24) is 5.32 Å². The van der Waals surface area contributed by atoms with E-state index in [9.17, 15) is 9.59 Å². The third-order valence-electron chi connectivity index (χ3n) is 6.20. The lowest BCUT2D eigenvalue weighted by Gasteiger charge is -2.38. The van der Waals surface area contributed by atoms with Crippen molar-refractivity contribution in [1.29, 1.82) is 0 Å². The average Bonchev–Trinajstić information content (AvgIpc) is 3.08. The lowest BCUT2D eigenvalue weighted by molar-refractivity contribution is -0.115. The minimum Gasteiger partial charge on any atom is -0.496 e. The first kappa shape index (κ1) is 23.7. The molecule has 2 aromatic carbocycles. The molecule has 2 heterocycles. The number of rotatable bonds is 5. The summed E-state index contributed by atoms with van der Waals surface area (Å²) in [7, 11) is 1.71. The fourth-order valence-corrected chi connectivity index (χ4v) is 5.41. The topological polar surface area (TPSA) is 73.9 Å². The highest BCUT2D eigenvalue weighted by atomic mass is 79.9. The fraction of sp³-hybridized carbons (Fsp3) is 0.360. The first-order valence-corrected chi connectivity index (χ1v) is 12.3. The Balaban J connectivity index is 1.49. The number of nitrogens with one attached hydrogen (secondary N) is 1. The molecule has 1 unspecified atom stereocenters. The SMILES string of the molecule is COc1c(C)c(C)c2c(c1C)CCC(C)(COc1ccc(/C=C3/SC(=O)NC3=O)cc1Br)O2. The van der Waals surface area contributed by atoms with Gasteiger partial charge in [0.1, 0.15) is 29.5 Å². The molecular weight excluding hydrogens is 506 g/mol.